The summed E-state index contributed by atoms with van der Waals surface area (Å²) in [6, 6.07) is 9.84. The number of anilines is 1. The molecule has 2 N–H and O–H groups in total. The predicted molar refractivity (Wildman–Crippen MR) is 162 cm³/mol. The number of esters is 1. The Balaban J connectivity index is 1.45. The first-order valence-corrected chi connectivity index (χ1v) is 15.1. The third kappa shape index (κ3) is 7.19. The number of aromatic nitrogens is 3. The van der Waals surface area contributed by atoms with Gasteiger partial charge in [0, 0.05) is 12.8 Å². The Bertz CT molecular complexity index is 1700. The molecule has 1 aromatic carbocycles. The van der Waals surface area contributed by atoms with Crippen molar-refractivity contribution in [3.8, 4) is 6.07 Å². The quantitative estimate of drug-likeness (QED) is 0.324. The molecule has 2 saturated heterocycles. The van der Waals surface area contributed by atoms with Gasteiger partial charge in [-0.15, -0.1) is 0 Å². The van der Waals surface area contributed by atoms with Crippen LogP contribution in [0.5, 0.6) is 0 Å². The first-order chi connectivity index (χ1) is 22.1. The van der Waals surface area contributed by atoms with Crippen LogP contribution in [0.15, 0.2) is 42.7 Å². The highest BCUT2D eigenvalue weighted by atomic mass is 19.1. The number of fused-ring (bicyclic) bond motifs is 2. The summed E-state index contributed by atoms with van der Waals surface area (Å²) in [5, 5.41) is 20.3. The monoisotopic (exact) mass is 652 g/mol. The smallest absolute Gasteiger partial charge is 0.408 e. The average Bonchev–Trinajstić information content (AvgIpc) is 3.66. The summed E-state index contributed by atoms with van der Waals surface area (Å²) >= 11 is 0. The highest BCUT2D eigenvalue weighted by molar-refractivity contribution is 5.98. The van der Waals surface area contributed by atoms with Crippen molar-refractivity contribution in [3.05, 3.63) is 59.8 Å². The Morgan fingerprint density at radius 1 is 1.13 bits per heavy atom. The van der Waals surface area contributed by atoms with Crippen LogP contribution in [-0.2, 0) is 45.3 Å². The van der Waals surface area contributed by atoms with Gasteiger partial charge in [-0.2, -0.15) is 10.4 Å². The largest absolute Gasteiger partial charge is 0.463 e. The molecule has 250 valence electrons. The van der Waals surface area contributed by atoms with E-state index in [1.54, 1.807) is 53.7 Å². The minimum atomic E-state index is -1.74. The van der Waals surface area contributed by atoms with Crippen LogP contribution in [0.25, 0.3) is 5.52 Å². The highest BCUT2D eigenvalue weighted by Gasteiger charge is 2.65. The number of hydrogen-bond donors (Lipinski definition) is 2. The maximum absolute atomic E-state index is 13.6. The molecule has 0 aliphatic carbocycles. The topological polar surface area (TPSA) is 175 Å². The molecule has 4 heterocycles. The van der Waals surface area contributed by atoms with Crippen LogP contribution in [0.1, 0.15) is 59.2 Å². The lowest BCUT2D eigenvalue weighted by atomic mass is 9.92. The molecule has 0 bridgehead atoms. The Morgan fingerprint density at radius 2 is 1.85 bits per heavy atom. The summed E-state index contributed by atoms with van der Waals surface area (Å²) in [6.07, 6.45) is -1.93. The molecule has 2 aliphatic rings. The molecule has 2 aromatic heterocycles. The van der Waals surface area contributed by atoms with Crippen molar-refractivity contribution in [2.45, 2.75) is 95.7 Å². The Hall–Kier alpha value is -4.65. The minimum absolute atomic E-state index is 0.0184. The van der Waals surface area contributed by atoms with Crippen LogP contribution in [0.2, 0.25) is 0 Å². The number of carbonyl (C=O) groups is 3. The number of nitrogens with zero attached hydrogens (tertiary/aromatic N) is 4. The molecule has 0 saturated carbocycles. The number of benzene rings is 1. The van der Waals surface area contributed by atoms with Gasteiger partial charge in [0.2, 0.25) is 11.5 Å². The van der Waals surface area contributed by atoms with E-state index >= 15 is 0 Å². The van der Waals surface area contributed by atoms with E-state index in [1.165, 1.54) is 35.1 Å². The Labute approximate surface area is 270 Å². The van der Waals surface area contributed by atoms with Crippen molar-refractivity contribution in [3.63, 3.8) is 0 Å². The third-order valence-corrected chi connectivity index (χ3v) is 7.53. The molecule has 2 amide bonds. The number of hydrogen-bond acceptors (Lipinski definition) is 11. The number of carbonyl (C=O) groups excluding carboxylic acids is 3. The molecule has 47 heavy (non-hydrogen) atoms. The Morgan fingerprint density at radius 3 is 2.51 bits per heavy atom. The van der Waals surface area contributed by atoms with Gasteiger partial charge in [0.1, 0.15) is 60.3 Å². The number of ether oxygens (including phenoxy) is 5. The number of nitrogens with one attached hydrogen (secondary N) is 2. The first kappa shape index (κ1) is 33.7. The number of halogens is 1. The predicted octanol–water partition coefficient (Wildman–Crippen LogP) is 3.53. The highest BCUT2D eigenvalue weighted by Crippen LogP contribution is 2.49. The molecular weight excluding hydrogens is 615 g/mol. The molecule has 0 unspecified atom stereocenters. The van der Waals surface area contributed by atoms with Gasteiger partial charge in [0.15, 0.2) is 11.6 Å². The third-order valence-electron chi connectivity index (χ3n) is 7.53. The van der Waals surface area contributed by atoms with Crippen LogP contribution in [-0.4, -0.2) is 74.9 Å². The summed E-state index contributed by atoms with van der Waals surface area (Å²) in [5.41, 5.74) is -1.40. The zero-order valence-corrected chi connectivity index (χ0v) is 26.9. The second-order valence-electron chi connectivity index (χ2n) is 12.7. The average molecular weight is 653 g/mol. The van der Waals surface area contributed by atoms with E-state index in [2.05, 4.69) is 26.8 Å². The lowest BCUT2D eigenvalue weighted by Gasteiger charge is -2.29. The van der Waals surface area contributed by atoms with Crippen molar-refractivity contribution in [2.24, 2.45) is 0 Å². The van der Waals surface area contributed by atoms with Gasteiger partial charge in [-0.1, -0.05) is 19.1 Å². The summed E-state index contributed by atoms with van der Waals surface area (Å²) in [6.45, 7) is 10.0. The number of alkyl carbamates (subject to hydrolysis) is 1. The van der Waals surface area contributed by atoms with E-state index in [1.807, 2.05) is 0 Å². The second-order valence-corrected chi connectivity index (χ2v) is 12.7. The van der Waals surface area contributed by atoms with E-state index in [0.717, 1.165) is 0 Å². The van der Waals surface area contributed by atoms with Crippen molar-refractivity contribution in [1.29, 1.82) is 5.26 Å². The summed E-state index contributed by atoms with van der Waals surface area (Å²) in [5.74, 6) is -2.50. The van der Waals surface area contributed by atoms with Gasteiger partial charge < -0.3 is 34.3 Å². The summed E-state index contributed by atoms with van der Waals surface area (Å²) < 4.78 is 44.2. The van der Waals surface area contributed by atoms with Crippen LogP contribution < -0.4 is 10.6 Å². The molecule has 3 aromatic rings. The van der Waals surface area contributed by atoms with E-state index in [9.17, 15) is 24.0 Å². The minimum Gasteiger partial charge on any atom is -0.463 e. The van der Waals surface area contributed by atoms with Crippen molar-refractivity contribution < 1.29 is 42.5 Å². The second kappa shape index (κ2) is 12.9. The molecule has 15 heteroatoms. The molecule has 5 atom stereocenters. The van der Waals surface area contributed by atoms with Gasteiger partial charge in [-0.3, -0.25) is 9.59 Å². The molecule has 0 radical (unpaired) electrons. The van der Waals surface area contributed by atoms with E-state index in [4.69, 9.17) is 23.7 Å². The number of nitriles is 1. The van der Waals surface area contributed by atoms with Crippen molar-refractivity contribution in [2.75, 3.05) is 11.9 Å². The zero-order chi connectivity index (χ0) is 34.1. The SMILES string of the molecule is CCC(=O)OC[C@H]1O[C@@](C#N)(c2ccc3c(NC(=O)[C@H](Cc4ccc(F)cc4)NC(=O)OC(C)(C)C)ncnn23)[C@@H]2OC(C)(C)O[C@@H]21. The number of rotatable bonds is 9. The van der Waals surface area contributed by atoms with Crippen LogP contribution in [0, 0.1) is 17.1 Å². The van der Waals surface area contributed by atoms with Gasteiger partial charge in [0.25, 0.3) is 0 Å². The van der Waals surface area contributed by atoms with Crippen molar-refractivity contribution >= 4 is 29.3 Å². The van der Waals surface area contributed by atoms with Gasteiger partial charge in [-0.25, -0.2) is 18.7 Å². The van der Waals surface area contributed by atoms with Gasteiger partial charge in [-0.05, 0) is 64.4 Å². The van der Waals surface area contributed by atoms with Crippen LogP contribution in [0.3, 0.4) is 0 Å². The van der Waals surface area contributed by atoms with E-state index in [0.29, 0.717) is 11.1 Å². The molecule has 2 aliphatic heterocycles. The summed E-state index contributed by atoms with van der Waals surface area (Å²) in [4.78, 5) is 42.5. The molecule has 14 nitrogen and oxygen atoms in total. The molecule has 2 fully saturated rings. The lowest BCUT2D eigenvalue weighted by Crippen LogP contribution is -2.47. The maximum Gasteiger partial charge on any atom is 0.408 e. The standard InChI is InChI=1S/C32H37FN6O8/c1-7-24(40)43-15-22-25-26(46-31(5,6)45-25)32(16-34,44-22)23-13-12-21-27(35-17-36-39(21)23)38-28(41)20(37-29(42)47-30(2,3)4)14-18-8-10-19(33)11-9-18/h8-13,17,20,22,25-26H,7,14-15H2,1-6H3,(H,37,42)(H,35,36,38,41)/t20-,22+,25+,26+,32-/m0/s1. The fourth-order valence-electron chi connectivity index (χ4n) is 5.54. The first-order valence-electron chi connectivity index (χ1n) is 15.1. The van der Waals surface area contributed by atoms with Crippen molar-refractivity contribution in [1.82, 2.24) is 19.9 Å². The normalized spacial score (nSPS) is 23.8. The van der Waals surface area contributed by atoms with Gasteiger partial charge in [0.05, 0.1) is 5.69 Å². The van der Waals surface area contributed by atoms with E-state index < -0.39 is 65.1 Å². The fourth-order valence-corrected chi connectivity index (χ4v) is 5.54. The summed E-state index contributed by atoms with van der Waals surface area (Å²) in [7, 11) is 0. The Kier molecular flexibility index (Phi) is 9.22. The molecule has 0 spiro atoms. The van der Waals surface area contributed by atoms with E-state index in [-0.39, 0.29) is 31.0 Å². The van der Waals surface area contributed by atoms with Crippen LogP contribution >= 0.6 is 0 Å². The van der Waals surface area contributed by atoms with Gasteiger partial charge >= 0.3 is 12.1 Å². The lowest BCUT2D eigenvalue weighted by molar-refractivity contribution is -0.206. The fraction of sp³-hybridized carbons (Fsp3) is 0.500. The maximum atomic E-state index is 13.6. The zero-order valence-electron chi connectivity index (χ0n) is 26.9. The number of amides is 2. The van der Waals surface area contributed by atoms with Crippen LogP contribution in [0.4, 0.5) is 15.0 Å². The molecule has 5 rings (SSSR count). The molecular formula is C32H37FN6O8.